The summed E-state index contributed by atoms with van der Waals surface area (Å²) in [6.07, 6.45) is 2.45. The highest BCUT2D eigenvalue weighted by Gasteiger charge is 2.12. The third-order valence-electron chi connectivity index (χ3n) is 6.22. The molecule has 0 fully saturated rings. The summed E-state index contributed by atoms with van der Waals surface area (Å²) in [4.78, 5) is 19.5. The van der Waals surface area contributed by atoms with E-state index in [9.17, 15) is 4.79 Å². The van der Waals surface area contributed by atoms with E-state index in [0.717, 1.165) is 47.2 Å². The number of fused-ring (bicyclic) bond motifs is 1. The van der Waals surface area contributed by atoms with Crippen molar-refractivity contribution in [3.63, 3.8) is 0 Å². The standard InChI is InChI=1S/C29H33N5O/c1-19-10-8-11-20(2)27(19)23-16-21(3)28-25(18-23)32-33-29(31-28)30-24-13-9-12-22(17-24)26(35)14-6-7-15-34(4)5/h8-13,16-18H,6-7,14-15H2,1-5H3,(H,30,31,33). The molecule has 0 aliphatic carbocycles. The molecule has 0 radical (unpaired) electrons. The van der Waals surface area contributed by atoms with Gasteiger partial charge in [-0.15, -0.1) is 10.2 Å². The zero-order chi connectivity index (χ0) is 24.9. The van der Waals surface area contributed by atoms with Gasteiger partial charge in [0, 0.05) is 17.7 Å². The summed E-state index contributed by atoms with van der Waals surface area (Å²) in [6.45, 7) is 7.29. The number of nitrogens with one attached hydrogen (secondary N) is 1. The first-order chi connectivity index (χ1) is 16.8. The second-order valence-corrected chi connectivity index (χ2v) is 9.45. The fourth-order valence-corrected chi connectivity index (χ4v) is 4.44. The van der Waals surface area contributed by atoms with Crippen LogP contribution in [0.5, 0.6) is 0 Å². The van der Waals surface area contributed by atoms with Crippen LogP contribution in [-0.4, -0.2) is 46.5 Å². The number of nitrogens with zero attached hydrogens (tertiary/aromatic N) is 4. The molecule has 3 aromatic carbocycles. The molecule has 0 unspecified atom stereocenters. The van der Waals surface area contributed by atoms with Gasteiger partial charge >= 0.3 is 0 Å². The molecule has 0 saturated carbocycles. The number of Topliss-reactive ketones (excluding diaryl/α,β-unsaturated/α-hetero) is 1. The Kier molecular flexibility index (Phi) is 7.51. The first kappa shape index (κ1) is 24.5. The Labute approximate surface area is 207 Å². The van der Waals surface area contributed by atoms with E-state index in [1.807, 2.05) is 45.3 Å². The number of aryl methyl sites for hydroxylation is 3. The van der Waals surface area contributed by atoms with Gasteiger partial charge in [0.25, 0.3) is 0 Å². The van der Waals surface area contributed by atoms with Crippen LogP contribution in [0.1, 0.15) is 46.3 Å². The topological polar surface area (TPSA) is 71.0 Å². The summed E-state index contributed by atoms with van der Waals surface area (Å²) in [5, 5.41) is 12.0. The van der Waals surface area contributed by atoms with Crippen LogP contribution >= 0.6 is 0 Å². The van der Waals surface area contributed by atoms with Crippen molar-refractivity contribution in [2.45, 2.75) is 40.0 Å². The zero-order valence-electron chi connectivity index (χ0n) is 21.2. The number of benzene rings is 3. The van der Waals surface area contributed by atoms with Gasteiger partial charge in [0.15, 0.2) is 5.78 Å². The van der Waals surface area contributed by atoms with Gasteiger partial charge in [-0.2, -0.15) is 0 Å². The van der Waals surface area contributed by atoms with Crippen molar-refractivity contribution >= 4 is 28.5 Å². The molecular weight excluding hydrogens is 434 g/mol. The van der Waals surface area contributed by atoms with E-state index in [2.05, 4.69) is 64.6 Å². The monoisotopic (exact) mass is 467 g/mol. The minimum atomic E-state index is 0.153. The number of anilines is 2. The lowest BCUT2D eigenvalue weighted by Crippen LogP contribution is -2.13. The van der Waals surface area contributed by atoms with E-state index in [1.54, 1.807) is 0 Å². The number of hydrogen-bond donors (Lipinski definition) is 1. The third kappa shape index (κ3) is 5.89. The molecule has 6 heteroatoms. The molecule has 1 heterocycles. The van der Waals surface area contributed by atoms with Gasteiger partial charge < -0.3 is 10.2 Å². The molecular formula is C29H33N5O. The summed E-state index contributed by atoms with van der Waals surface area (Å²) < 4.78 is 0. The highest BCUT2D eigenvalue weighted by molar-refractivity contribution is 5.97. The van der Waals surface area contributed by atoms with Gasteiger partial charge in [-0.3, -0.25) is 4.79 Å². The number of aromatic nitrogens is 3. The second-order valence-electron chi connectivity index (χ2n) is 9.45. The number of rotatable bonds is 9. The molecule has 4 aromatic rings. The summed E-state index contributed by atoms with van der Waals surface area (Å²) in [6, 6.07) is 18.1. The average molecular weight is 468 g/mol. The van der Waals surface area contributed by atoms with Crippen molar-refractivity contribution in [1.29, 1.82) is 0 Å². The van der Waals surface area contributed by atoms with E-state index < -0.39 is 0 Å². The Hall–Kier alpha value is -3.64. The summed E-state index contributed by atoms with van der Waals surface area (Å²) in [5.74, 6) is 0.566. The Morgan fingerprint density at radius 1 is 0.886 bits per heavy atom. The molecule has 1 N–H and O–H groups in total. The first-order valence-electron chi connectivity index (χ1n) is 12.1. The number of carbonyl (C=O) groups excluding carboxylic acids is 1. The Bertz CT molecular complexity index is 1340. The lowest BCUT2D eigenvalue weighted by molar-refractivity contribution is 0.0978. The normalized spacial score (nSPS) is 11.3. The molecule has 4 rings (SSSR count). The maximum atomic E-state index is 12.6. The smallest absolute Gasteiger partial charge is 0.247 e. The highest BCUT2D eigenvalue weighted by atomic mass is 16.1. The molecule has 0 saturated heterocycles. The highest BCUT2D eigenvalue weighted by Crippen LogP contribution is 2.31. The van der Waals surface area contributed by atoms with E-state index in [-0.39, 0.29) is 5.78 Å². The Morgan fingerprint density at radius 2 is 1.63 bits per heavy atom. The molecule has 0 amide bonds. The number of ketones is 1. The number of hydrogen-bond acceptors (Lipinski definition) is 6. The fraction of sp³-hybridized carbons (Fsp3) is 0.310. The lowest BCUT2D eigenvalue weighted by Gasteiger charge is -2.12. The largest absolute Gasteiger partial charge is 0.323 e. The molecule has 6 nitrogen and oxygen atoms in total. The second kappa shape index (κ2) is 10.7. The first-order valence-corrected chi connectivity index (χ1v) is 12.1. The maximum Gasteiger partial charge on any atom is 0.247 e. The molecule has 0 aliphatic rings. The molecule has 180 valence electrons. The molecule has 0 bridgehead atoms. The van der Waals surface area contributed by atoms with Crippen LogP contribution in [0, 0.1) is 20.8 Å². The van der Waals surface area contributed by atoms with Crippen molar-refractivity contribution < 1.29 is 4.79 Å². The minimum absolute atomic E-state index is 0.153. The quantitative estimate of drug-likeness (QED) is 0.231. The van der Waals surface area contributed by atoms with Gasteiger partial charge in [-0.25, -0.2) is 4.98 Å². The van der Waals surface area contributed by atoms with Crippen molar-refractivity contribution in [1.82, 2.24) is 20.1 Å². The maximum absolute atomic E-state index is 12.6. The van der Waals surface area contributed by atoms with Crippen LogP contribution in [0.25, 0.3) is 22.2 Å². The van der Waals surface area contributed by atoms with E-state index in [1.165, 1.54) is 16.7 Å². The zero-order valence-corrected chi connectivity index (χ0v) is 21.2. The van der Waals surface area contributed by atoms with Crippen LogP contribution in [0.4, 0.5) is 11.6 Å². The fourth-order valence-electron chi connectivity index (χ4n) is 4.44. The summed E-state index contributed by atoms with van der Waals surface area (Å²) in [5.41, 5.74) is 8.90. The SMILES string of the molecule is Cc1cccc(C)c1-c1cc(C)c2nc(Nc3cccc(C(=O)CCCCN(C)C)c3)nnc2c1. The van der Waals surface area contributed by atoms with Gasteiger partial charge in [0.2, 0.25) is 5.95 Å². The molecule has 0 aliphatic heterocycles. The Morgan fingerprint density at radius 3 is 2.37 bits per heavy atom. The van der Waals surface area contributed by atoms with Gasteiger partial charge in [0.1, 0.15) is 5.52 Å². The predicted molar refractivity (Wildman–Crippen MR) is 143 cm³/mol. The van der Waals surface area contributed by atoms with E-state index >= 15 is 0 Å². The lowest BCUT2D eigenvalue weighted by atomic mass is 9.94. The van der Waals surface area contributed by atoms with Crippen LogP contribution in [-0.2, 0) is 0 Å². The average Bonchev–Trinajstić information content (AvgIpc) is 2.82. The number of unbranched alkanes of at least 4 members (excludes halogenated alkanes) is 1. The van der Waals surface area contributed by atoms with Crippen LogP contribution in [0.3, 0.4) is 0 Å². The summed E-state index contributed by atoms with van der Waals surface area (Å²) >= 11 is 0. The van der Waals surface area contributed by atoms with Crippen molar-refractivity contribution in [3.05, 3.63) is 76.9 Å². The molecule has 0 atom stereocenters. The van der Waals surface area contributed by atoms with Crippen molar-refractivity contribution in [2.24, 2.45) is 0 Å². The van der Waals surface area contributed by atoms with Crippen LogP contribution in [0.15, 0.2) is 54.6 Å². The van der Waals surface area contributed by atoms with Gasteiger partial charge in [-0.05, 0) is 106 Å². The molecule has 35 heavy (non-hydrogen) atoms. The van der Waals surface area contributed by atoms with Gasteiger partial charge in [0.05, 0.1) is 5.52 Å². The van der Waals surface area contributed by atoms with E-state index in [4.69, 9.17) is 4.98 Å². The Balaban J connectivity index is 1.53. The van der Waals surface area contributed by atoms with Crippen LogP contribution in [0.2, 0.25) is 0 Å². The van der Waals surface area contributed by atoms with Gasteiger partial charge in [-0.1, -0.05) is 30.3 Å². The van der Waals surface area contributed by atoms with Crippen molar-refractivity contribution in [3.8, 4) is 11.1 Å². The molecule has 1 aromatic heterocycles. The summed E-state index contributed by atoms with van der Waals surface area (Å²) in [7, 11) is 4.10. The third-order valence-corrected chi connectivity index (χ3v) is 6.22. The van der Waals surface area contributed by atoms with Crippen molar-refractivity contribution in [2.75, 3.05) is 26.0 Å². The minimum Gasteiger partial charge on any atom is -0.323 e. The molecule has 0 spiro atoms. The van der Waals surface area contributed by atoms with Crippen LogP contribution < -0.4 is 5.32 Å². The predicted octanol–water partition coefficient (Wildman–Crippen LogP) is 6.28. The van der Waals surface area contributed by atoms with E-state index in [0.29, 0.717) is 17.9 Å². The number of carbonyl (C=O) groups is 1.